The number of nitrogens with one attached hydrogen (secondary N) is 1. The second-order valence-electron chi connectivity index (χ2n) is 4.65. The van der Waals surface area contributed by atoms with E-state index in [1.165, 1.54) is 0 Å². The average molecular weight is 300 g/mol. The summed E-state index contributed by atoms with van der Waals surface area (Å²) in [5.74, 6) is 0.275. The minimum atomic E-state index is -0.0700. The number of hydrogen-bond donors (Lipinski definition) is 1. The number of amides is 1. The van der Waals surface area contributed by atoms with E-state index in [9.17, 15) is 4.79 Å². The van der Waals surface area contributed by atoms with Gasteiger partial charge in [-0.05, 0) is 23.6 Å². The van der Waals surface area contributed by atoms with Crippen LogP contribution in [0.3, 0.4) is 0 Å². The summed E-state index contributed by atoms with van der Waals surface area (Å²) in [4.78, 5) is 12.1. The molecule has 1 N–H and O–H groups in total. The molecular formula is C18H18ClNO. The van der Waals surface area contributed by atoms with Crippen LogP contribution in [0.25, 0.3) is 6.08 Å². The van der Waals surface area contributed by atoms with Gasteiger partial charge in [-0.3, -0.25) is 4.79 Å². The summed E-state index contributed by atoms with van der Waals surface area (Å²) >= 11 is 5.84. The van der Waals surface area contributed by atoms with E-state index >= 15 is 0 Å². The molecule has 0 heterocycles. The van der Waals surface area contributed by atoms with Crippen LogP contribution in [0.15, 0.2) is 60.7 Å². The monoisotopic (exact) mass is 299 g/mol. The third-order valence-corrected chi connectivity index (χ3v) is 3.40. The highest BCUT2D eigenvalue weighted by molar-refractivity contribution is 6.17. The van der Waals surface area contributed by atoms with Crippen LogP contribution in [0.1, 0.15) is 27.9 Å². The minimum Gasteiger partial charge on any atom is -0.352 e. The van der Waals surface area contributed by atoms with Gasteiger partial charge in [0.05, 0.1) is 0 Å². The Morgan fingerprint density at radius 3 is 2.52 bits per heavy atom. The molecule has 0 saturated heterocycles. The predicted molar refractivity (Wildman–Crippen MR) is 88.4 cm³/mol. The van der Waals surface area contributed by atoms with Crippen LogP contribution in [-0.2, 0) is 5.88 Å². The average Bonchev–Trinajstić information content (AvgIpc) is 2.55. The number of hydrogen-bond acceptors (Lipinski definition) is 1. The van der Waals surface area contributed by atoms with Crippen molar-refractivity contribution in [2.45, 2.75) is 12.3 Å². The van der Waals surface area contributed by atoms with Gasteiger partial charge < -0.3 is 5.32 Å². The van der Waals surface area contributed by atoms with E-state index in [2.05, 4.69) is 17.5 Å². The van der Waals surface area contributed by atoms with Gasteiger partial charge in [0, 0.05) is 18.0 Å². The maximum absolute atomic E-state index is 12.1. The third-order valence-electron chi connectivity index (χ3n) is 3.11. The highest BCUT2D eigenvalue weighted by Crippen LogP contribution is 2.11. The van der Waals surface area contributed by atoms with E-state index in [4.69, 9.17) is 11.6 Å². The van der Waals surface area contributed by atoms with Gasteiger partial charge in [0.2, 0.25) is 0 Å². The molecule has 2 aromatic rings. The minimum absolute atomic E-state index is 0.0700. The summed E-state index contributed by atoms with van der Waals surface area (Å²) in [5.41, 5.74) is 2.67. The largest absolute Gasteiger partial charge is 0.352 e. The lowest BCUT2D eigenvalue weighted by Crippen LogP contribution is -2.25. The van der Waals surface area contributed by atoms with Crippen LogP contribution in [0.4, 0.5) is 0 Å². The summed E-state index contributed by atoms with van der Waals surface area (Å²) < 4.78 is 0. The molecule has 3 heteroatoms. The van der Waals surface area contributed by atoms with E-state index in [-0.39, 0.29) is 5.91 Å². The van der Waals surface area contributed by atoms with Gasteiger partial charge >= 0.3 is 0 Å². The van der Waals surface area contributed by atoms with Gasteiger partial charge in [0.15, 0.2) is 0 Å². The zero-order valence-corrected chi connectivity index (χ0v) is 12.5. The maximum atomic E-state index is 12.1. The molecule has 0 bridgehead atoms. The van der Waals surface area contributed by atoms with Gasteiger partial charge in [-0.25, -0.2) is 0 Å². The molecule has 0 aliphatic carbocycles. The second kappa shape index (κ2) is 8.28. The first-order chi connectivity index (χ1) is 10.3. The third kappa shape index (κ3) is 4.76. The highest BCUT2D eigenvalue weighted by Gasteiger charge is 2.08. The lowest BCUT2D eigenvalue weighted by molar-refractivity contribution is 0.0953. The molecule has 0 aliphatic heterocycles. The van der Waals surface area contributed by atoms with Gasteiger partial charge in [-0.1, -0.05) is 60.7 Å². The molecule has 108 valence electrons. The lowest BCUT2D eigenvalue weighted by atomic mass is 10.1. The Hall–Kier alpha value is -2.06. The fourth-order valence-corrected chi connectivity index (χ4v) is 2.24. The Bertz CT molecular complexity index is 608. The molecule has 2 rings (SSSR count). The maximum Gasteiger partial charge on any atom is 0.251 e. The number of halogens is 1. The van der Waals surface area contributed by atoms with Crippen LogP contribution < -0.4 is 5.32 Å². The molecule has 2 aromatic carbocycles. The van der Waals surface area contributed by atoms with E-state index in [1.807, 2.05) is 48.5 Å². The summed E-state index contributed by atoms with van der Waals surface area (Å²) in [5, 5.41) is 2.91. The highest BCUT2D eigenvalue weighted by atomic mass is 35.5. The normalized spacial score (nSPS) is 10.7. The number of carbonyl (C=O) groups is 1. The zero-order chi connectivity index (χ0) is 14.9. The van der Waals surface area contributed by atoms with Crippen molar-refractivity contribution in [3.63, 3.8) is 0 Å². The molecule has 0 radical (unpaired) electrons. The van der Waals surface area contributed by atoms with Crippen molar-refractivity contribution in [2.75, 3.05) is 6.54 Å². The molecule has 0 spiro atoms. The van der Waals surface area contributed by atoms with Gasteiger partial charge in [-0.2, -0.15) is 0 Å². The molecule has 1 amide bonds. The van der Waals surface area contributed by atoms with Crippen molar-refractivity contribution < 1.29 is 4.79 Å². The fraction of sp³-hybridized carbons (Fsp3) is 0.167. The molecule has 0 unspecified atom stereocenters. The van der Waals surface area contributed by atoms with Crippen molar-refractivity contribution in [1.29, 1.82) is 0 Å². The van der Waals surface area contributed by atoms with E-state index in [0.29, 0.717) is 18.0 Å². The number of benzene rings is 2. The predicted octanol–water partition coefficient (Wildman–Crippen LogP) is 4.26. The van der Waals surface area contributed by atoms with Crippen molar-refractivity contribution in [3.05, 3.63) is 77.4 Å². The van der Waals surface area contributed by atoms with Gasteiger partial charge in [0.25, 0.3) is 5.91 Å². The Morgan fingerprint density at radius 2 is 1.76 bits per heavy atom. The van der Waals surface area contributed by atoms with Gasteiger partial charge in [-0.15, -0.1) is 11.6 Å². The van der Waals surface area contributed by atoms with Crippen molar-refractivity contribution in [3.8, 4) is 0 Å². The van der Waals surface area contributed by atoms with Crippen LogP contribution in [0.5, 0.6) is 0 Å². The van der Waals surface area contributed by atoms with Crippen molar-refractivity contribution in [1.82, 2.24) is 5.32 Å². The van der Waals surface area contributed by atoms with Crippen LogP contribution in [0.2, 0.25) is 0 Å². The summed E-state index contributed by atoms with van der Waals surface area (Å²) in [7, 11) is 0. The molecule has 0 aliphatic rings. The quantitative estimate of drug-likeness (QED) is 0.627. The van der Waals surface area contributed by atoms with E-state index in [0.717, 1.165) is 17.5 Å². The number of alkyl halides is 1. The molecular weight excluding hydrogens is 282 g/mol. The zero-order valence-electron chi connectivity index (χ0n) is 11.8. The smallest absolute Gasteiger partial charge is 0.251 e. The Balaban J connectivity index is 1.81. The molecule has 0 aromatic heterocycles. The first-order valence-electron chi connectivity index (χ1n) is 6.95. The second-order valence-corrected chi connectivity index (χ2v) is 4.92. The van der Waals surface area contributed by atoms with Crippen LogP contribution >= 0.6 is 11.6 Å². The first-order valence-corrected chi connectivity index (χ1v) is 7.48. The number of rotatable bonds is 6. The fourth-order valence-electron chi connectivity index (χ4n) is 2.01. The molecule has 0 saturated carbocycles. The molecule has 0 fully saturated rings. The topological polar surface area (TPSA) is 29.1 Å². The number of carbonyl (C=O) groups excluding carboxylic acids is 1. The Kier molecular flexibility index (Phi) is 6.04. The first kappa shape index (κ1) is 15.3. The molecule has 21 heavy (non-hydrogen) atoms. The Labute approximate surface area is 130 Å². The summed E-state index contributed by atoms with van der Waals surface area (Å²) in [6.07, 6.45) is 4.91. The SMILES string of the molecule is O=C(NCC/C=C/c1ccccc1)c1ccccc1CCl. The van der Waals surface area contributed by atoms with Crippen molar-refractivity contribution >= 4 is 23.6 Å². The van der Waals surface area contributed by atoms with Gasteiger partial charge in [0.1, 0.15) is 0 Å². The van der Waals surface area contributed by atoms with Crippen LogP contribution in [0, 0.1) is 0 Å². The van der Waals surface area contributed by atoms with Crippen LogP contribution in [-0.4, -0.2) is 12.5 Å². The van der Waals surface area contributed by atoms with Crippen molar-refractivity contribution in [2.24, 2.45) is 0 Å². The summed E-state index contributed by atoms with van der Waals surface area (Å²) in [6, 6.07) is 17.5. The standard InChI is InChI=1S/C18H18ClNO/c19-14-16-11-4-5-12-17(16)18(21)20-13-7-6-10-15-8-2-1-3-9-15/h1-6,8-12H,7,13-14H2,(H,20,21)/b10-6+. The lowest BCUT2D eigenvalue weighted by Gasteiger charge is -2.07. The molecule has 2 nitrogen and oxygen atoms in total. The van der Waals surface area contributed by atoms with E-state index in [1.54, 1.807) is 6.07 Å². The van der Waals surface area contributed by atoms with E-state index < -0.39 is 0 Å². The summed E-state index contributed by atoms with van der Waals surface area (Å²) in [6.45, 7) is 0.610. The molecule has 0 atom stereocenters. The Morgan fingerprint density at radius 1 is 1.05 bits per heavy atom.